The Labute approximate surface area is 180 Å². The second-order valence-electron chi connectivity index (χ2n) is 7.32. The van der Waals surface area contributed by atoms with Crippen molar-refractivity contribution < 1.29 is 26.7 Å². The van der Waals surface area contributed by atoms with Crippen LogP contribution in [-0.4, -0.2) is 52.9 Å². The molecule has 7 nitrogen and oxygen atoms in total. The third-order valence-electron chi connectivity index (χ3n) is 5.03. The molecule has 1 aliphatic rings. The van der Waals surface area contributed by atoms with Crippen molar-refractivity contribution in [3.8, 4) is 0 Å². The first-order valence-electron chi connectivity index (χ1n) is 9.80. The van der Waals surface area contributed by atoms with Gasteiger partial charge in [0, 0.05) is 31.4 Å². The van der Waals surface area contributed by atoms with Gasteiger partial charge in [0.25, 0.3) is 0 Å². The molecule has 168 valence electrons. The molecule has 2 aromatic carbocycles. The highest BCUT2D eigenvalue weighted by atomic mass is 32.2. The Kier molecular flexibility index (Phi) is 7.11. The number of nitrogens with one attached hydrogen (secondary N) is 1. The summed E-state index contributed by atoms with van der Waals surface area (Å²) in [5.41, 5.74) is 1.78. The number of hydrogen-bond donors (Lipinski definition) is 1. The summed E-state index contributed by atoms with van der Waals surface area (Å²) < 4.78 is 57.5. The highest BCUT2D eigenvalue weighted by molar-refractivity contribution is 7.92. The molecule has 0 spiro atoms. The van der Waals surface area contributed by atoms with Crippen LogP contribution in [0.4, 0.5) is 20.2 Å². The Hall–Kier alpha value is -2.72. The van der Waals surface area contributed by atoms with Crippen molar-refractivity contribution >= 4 is 27.3 Å². The van der Waals surface area contributed by atoms with Gasteiger partial charge in [0.15, 0.2) is 11.6 Å². The lowest BCUT2D eigenvalue weighted by Gasteiger charge is -2.29. The number of anilines is 2. The second kappa shape index (κ2) is 9.61. The maximum Gasteiger partial charge on any atom is 0.243 e. The van der Waals surface area contributed by atoms with Gasteiger partial charge in [-0.15, -0.1) is 0 Å². The lowest BCUT2D eigenvalue weighted by Crippen LogP contribution is -2.47. The Morgan fingerprint density at radius 1 is 1.13 bits per heavy atom. The molecule has 0 aliphatic carbocycles. The highest BCUT2D eigenvalue weighted by Gasteiger charge is 2.29. The molecular weight excluding hydrogens is 428 g/mol. The fourth-order valence-corrected chi connectivity index (χ4v) is 4.58. The predicted octanol–water partition coefficient (Wildman–Crippen LogP) is 2.27. The van der Waals surface area contributed by atoms with Crippen LogP contribution in [0, 0.1) is 11.6 Å². The van der Waals surface area contributed by atoms with E-state index in [9.17, 15) is 22.0 Å². The van der Waals surface area contributed by atoms with Crippen LogP contribution in [0.5, 0.6) is 0 Å². The number of halogens is 2. The zero-order valence-electron chi connectivity index (χ0n) is 17.3. The maximum atomic E-state index is 13.6. The monoisotopic (exact) mass is 453 g/mol. The zero-order valence-corrected chi connectivity index (χ0v) is 18.2. The highest BCUT2D eigenvalue weighted by Crippen LogP contribution is 2.23. The molecule has 1 heterocycles. The predicted molar refractivity (Wildman–Crippen MR) is 114 cm³/mol. The zero-order chi connectivity index (χ0) is 22.6. The Balaban J connectivity index is 1.67. The van der Waals surface area contributed by atoms with E-state index in [0.717, 1.165) is 53.1 Å². The Morgan fingerprint density at radius 2 is 1.77 bits per heavy atom. The van der Waals surface area contributed by atoms with Crippen molar-refractivity contribution in [1.82, 2.24) is 5.32 Å². The number of morpholine rings is 1. The first-order valence-corrected chi connectivity index (χ1v) is 11.7. The van der Waals surface area contributed by atoms with Crippen LogP contribution in [0.3, 0.4) is 0 Å². The molecule has 0 aromatic heterocycles. The molecule has 1 atom stereocenters. The summed E-state index contributed by atoms with van der Waals surface area (Å²) in [5.74, 6) is -2.86. The first-order chi connectivity index (χ1) is 14.7. The SMILES string of the molecule is C[C@H](C(=O)NCc1ccc(N2CCOCC2)cc1)N(c1ccc(F)c(F)c1)S(C)(=O)=O. The molecule has 1 fully saturated rings. The molecule has 3 rings (SSSR count). The summed E-state index contributed by atoms with van der Waals surface area (Å²) in [7, 11) is -3.93. The molecule has 1 N–H and O–H groups in total. The first kappa shape index (κ1) is 23.0. The normalized spacial score (nSPS) is 15.4. The van der Waals surface area contributed by atoms with Crippen molar-refractivity contribution in [3.05, 3.63) is 59.7 Å². The van der Waals surface area contributed by atoms with Crippen LogP contribution in [0.1, 0.15) is 12.5 Å². The number of rotatable bonds is 7. The van der Waals surface area contributed by atoms with E-state index >= 15 is 0 Å². The number of carbonyl (C=O) groups excluding carboxylic acids is 1. The summed E-state index contributed by atoms with van der Waals surface area (Å²) in [6.45, 7) is 4.59. The number of ether oxygens (including phenoxy) is 1. The molecule has 2 aromatic rings. The Bertz CT molecular complexity index is 1030. The van der Waals surface area contributed by atoms with Gasteiger partial charge in [0.2, 0.25) is 15.9 Å². The van der Waals surface area contributed by atoms with Crippen molar-refractivity contribution in [2.45, 2.75) is 19.5 Å². The number of carbonyl (C=O) groups is 1. The van der Waals surface area contributed by atoms with Gasteiger partial charge in [-0.05, 0) is 36.8 Å². The lowest BCUT2D eigenvalue weighted by atomic mass is 10.1. The van der Waals surface area contributed by atoms with E-state index in [1.54, 1.807) is 0 Å². The van der Waals surface area contributed by atoms with Gasteiger partial charge in [-0.2, -0.15) is 0 Å². The van der Waals surface area contributed by atoms with Crippen LogP contribution in [0.2, 0.25) is 0 Å². The quantitative estimate of drug-likeness (QED) is 0.696. The minimum Gasteiger partial charge on any atom is -0.378 e. The van der Waals surface area contributed by atoms with Crippen LogP contribution in [0.25, 0.3) is 0 Å². The molecule has 0 unspecified atom stereocenters. The topological polar surface area (TPSA) is 79.0 Å². The number of nitrogens with zero attached hydrogens (tertiary/aromatic N) is 2. The van der Waals surface area contributed by atoms with E-state index < -0.39 is 33.6 Å². The average molecular weight is 454 g/mol. The molecule has 1 amide bonds. The maximum absolute atomic E-state index is 13.6. The largest absolute Gasteiger partial charge is 0.378 e. The molecule has 31 heavy (non-hydrogen) atoms. The summed E-state index contributed by atoms with van der Waals surface area (Å²) in [6, 6.07) is 9.23. The summed E-state index contributed by atoms with van der Waals surface area (Å²) >= 11 is 0. The third-order valence-corrected chi connectivity index (χ3v) is 6.27. The van der Waals surface area contributed by atoms with Gasteiger partial charge in [-0.1, -0.05) is 12.1 Å². The van der Waals surface area contributed by atoms with E-state index in [0.29, 0.717) is 13.2 Å². The number of benzene rings is 2. The number of amides is 1. The number of sulfonamides is 1. The molecule has 10 heteroatoms. The standard InChI is InChI=1S/C21H25F2N3O4S/c1-15(26(31(2,28)29)18-7-8-19(22)20(23)13-18)21(27)24-14-16-3-5-17(6-4-16)25-9-11-30-12-10-25/h3-8,13,15H,9-12,14H2,1-2H3,(H,24,27)/t15-/m1/s1. The third kappa shape index (κ3) is 5.71. The van der Waals surface area contributed by atoms with E-state index in [-0.39, 0.29) is 12.2 Å². The van der Waals surface area contributed by atoms with Gasteiger partial charge in [0.05, 0.1) is 25.2 Å². The van der Waals surface area contributed by atoms with E-state index in [4.69, 9.17) is 4.74 Å². The summed E-state index contributed by atoms with van der Waals surface area (Å²) in [4.78, 5) is 14.8. The van der Waals surface area contributed by atoms with Crippen LogP contribution in [0.15, 0.2) is 42.5 Å². The lowest BCUT2D eigenvalue weighted by molar-refractivity contribution is -0.122. The van der Waals surface area contributed by atoms with E-state index in [2.05, 4.69) is 10.2 Å². The van der Waals surface area contributed by atoms with Gasteiger partial charge < -0.3 is 15.0 Å². The van der Waals surface area contributed by atoms with Gasteiger partial charge in [-0.3, -0.25) is 9.10 Å². The van der Waals surface area contributed by atoms with Crippen LogP contribution < -0.4 is 14.5 Å². The summed E-state index contributed by atoms with van der Waals surface area (Å²) in [5, 5.41) is 2.70. The molecular formula is C21H25F2N3O4S. The molecule has 0 bridgehead atoms. The van der Waals surface area contributed by atoms with Crippen molar-refractivity contribution in [3.63, 3.8) is 0 Å². The minimum absolute atomic E-state index is 0.126. The Morgan fingerprint density at radius 3 is 2.35 bits per heavy atom. The van der Waals surface area contributed by atoms with Gasteiger partial charge in [-0.25, -0.2) is 17.2 Å². The average Bonchev–Trinajstić information content (AvgIpc) is 2.74. The van der Waals surface area contributed by atoms with Crippen molar-refractivity contribution in [1.29, 1.82) is 0 Å². The fourth-order valence-electron chi connectivity index (χ4n) is 3.41. The van der Waals surface area contributed by atoms with Crippen LogP contribution >= 0.6 is 0 Å². The minimum atomic E-state index is -3.93. The van der Waals surface area contributed by atoms with Gasteiger partial charge >= 0.3 is 0 Å². The van der Waals surface area contributed by atoms with E-state index in [1.165, 1.54) is 6.92 Å². The molecule has 0 radical (unpaired) electrons. The van der Waals surface area contributed by atoms with Gasteiger partial charge in [0.1, 0.15) is 6.04 Å². The molecule has 1 saturated heterocycles. The summed E-state index contributed by atoms with van der Waals surface area (Å²) in [6.07, 6.45) is 0.905. The fraction of sp³-hybridized carbons (Fsp3) is 0.381. The number of hydrogen-bond acceptors (Lipinski definition) is 5. The second-order valence-corrected chi connectivity index (χ2v) is 9.18. The van der Waals surface area contributed by atoms with Crippen molar-refractivity contribution in [2.75, 3.05) is 41.8 Å². The van der Waals surface area contributed by atoms with Crippen molar-refractivity contribution in [2.24, 2.45) is 0 Å². The molecule has 0 saturated carbocycles. The van der Waals surface area contributed by atoms with E-state index in [1.807, 2.05) is 24.3 Å². The van der Waals surface area contributed by atoms with Crippen LogP contribution in [-0.2, 0) is 26.1 Å². The molecule has 1 aliphatic heterocycles. The smallest absolute Gasteiger partial charge is 0.243 e.